The van der Waals surface area contributed by atoms with Crippen LogP contribution in [-0.2, 0) is 4.74 Å². The highest BCUT2D eigenvalue weighted by molar-refractivity contribution is 4.84. The molecule has 3 nitrogen and oxygen atoms in total. The molecular weight excluding hydrogens is 224 g/mol. The largest absolute Gasteiger partial charge is 0.378 e. The van der Waals surface area contributed by atoms with E-state index in [4.69, 9.17) is 10.5 Å². The minimum Gasteiger partial charge on any atom is -0.378 e. The summed E-state index contributed by atoms with van der Waals surface area (Å²) in [4.78, 5) is 0. The summed E-state index contributed by atoms with van der Waals surface area (Å²) in [5, 5.41) is 3.58. The SMILES string of the molecule is NCC1(CCNCCC2CCCO2)CCCCC1. The second-order valence-electron chi connectivity index (χ2n) is 6.19. The molecule has 1 unspecified atom stereocenters. The molecule has 0 radical (unpaired) electrons. The lowest BCUT2D eigenvalue weighted by atomic mass is 9.72. The van der Waals surface area contributed by atoms with E-state index >= 15 is 0 Å². The molecule has 2 rings (SSSR count). The van der Waals surface area contributed by atoms with Crippen molar-refractivity contribution in [2.45, 2.75) is 63.9 Å². The van der Waals surface area contributed by atoms with Crippen LogP contribution in [0.4, 0.5) is 0 Å². The van der Waals surface area contributed by atoms with Crippen molar-refractivity contribution in [2.24, 2.45) is 11.1 Å². The molecule has 18 heavy (non-hydrogen) atoms. The predicted molar refractivity (Wildman–Crippen MR) is 75.7 cm³/mol. The Bertz CT molecular complexity index is 221. The van der Waals surface area contributed by atoms with Crippen LogP contribution in [0.25, 0.3) is 0 Å². The van der Waals surface area contributed by atoms with Gasteiger partial charge in [-0.1, -0.05) is 19.3 Å². The van der Waals surface area contributed by atoms with Gasteiger partial charge in [0.25, 0.3) is 0 Å². The van der Waals surface area contributed by atoms with Crippen molar-refractivity contribution in [3.8, 4) is 0 Å². The van der Waals surface area contributed by atoms with Gasteiger partial charge in [-0.15, -0.1) is 0 Å². The van der Waals surface area contributed by atoms with Crippen molar-refractivity contribution in [3.63, 3.8) is 0 Å². The molecule has 0 aromatic rings. The normalized spacial score (nSPS) is 27.5. The zero-order valence-electron chi connectivity index (χ0n) is 11.8. The van der Waals surface area contributed by atoms with Crippen LogP contribution in [-0.4, -0.2) is 32.3 Å². The Hall–Kier alpha value is -0.120. The van der Waals surface area contributed by atoms with Crippen LogP contribution >= 0.6 is 0 Å². The lowest BCUT2D eigenvalue weighted by Gasteiger charge is -2.36. The quantitative estimate of drug-likeness (QED) is 0.686. The predicted octanol–water partition coefficient (Wildman–Crippen LogP) is 2.44. The van der Waals surface area contributed by atoms with Gasteiger partial charge in [-0.05, 0) is 63.6 Å². The summed E-state index contributed by atoms with van der Waals surface area (Å²) in [7, 11) is 0. The van der Waals surface area contributed by atoms with Gasteiger partial charge < -0.3 is 15.8 Å². The molecule has 1 heterocycles. The molecule has 1 atom stereocenters. The van der Waals surface area contributed by atoms with E-state index in [9.17, 15) is 0 Å². The van der Waals surface area contributed by atoms with Crippen LogP contribution in [0.15, 0.2) is 0 Å². The number of nitrogens with one attached hydrogen (secondary N) is 1. The topological polar surface area (TPSA) is 47.3 Å². The Morgan fingerprint density at radius 1 is 1.11 bits per heavy atom. The zero-order valence-corrected chi connectivity index (χ0v) is 11.8. The average Bonchev–Trinajstić information content (AvgIpc) is 2.93. The molecule has 3 heteroatoms. The molecule has 1 aliphatic carbocycles. The molecular formula is C15H30N2O. The van der Waals surface area contributed by atoms with E-state index in [2.05, 4.69) is 5.32 Å². The third-order valence-corrected chi connectivity index (χ3v) is 4.85. The van der Waals surface area contributed by atoms with E-state index in [1.165, 1.54) is 57.8 Å². The molecule has 0 bridgehead atoms. The van der Waals surface area contributed by atoms with E-state index < -0.39 is 0 Å². The highest BCUT2D eigenvalue weighted by atomic mass is 16.5. The number of ether oxygens (including phenoxy) is 1. The van der Waals surface area contributed by atoms with Crippen molar-refractivity contribution in [1.82, 2.24) is 5.32 Å². The maximum atomic E-state index is 6.00. The van der Waals surface area contributed by atoms with E-state index in [0.717, 1.165) is 26.2 Å². The van der Waals surface area contributed by atoms with Crippen LogP contribution in [0.5, 0.6) is 0 Å². The minimum absolute atomic E-state index is 0.453. The Morgan fingerprint density at radius 2 is 1.94 bits per heavy atom. The summed E-state index contributed by atoms with van der Waals surface area (Å²) < 4.78 is 5.63. The van der Waals surface area contributed by atoms with Gasteiger partial charge in [-0.2, -0.15) is 0 Å². The minimum atomic E-state index is 0.453. The Kier molecular flexibility index (Phi) is 5.93. The van der Waals surface area contributed by atoms with Gasteiger partial charge in [0.2, 0.25) is 0 Å². The van der Waals surface area contributed by atoms with E-state index in [1.807, 2.05) is 0 Å². The Labute approximate surface area is 112 Å². The summed E-state index contributed by atoms with van der Waals surface area (Å²) in [5.74, 6) is 0. The Balaban J connectivity index is 1.55. The highest BCUT2D eigenvalue weighted by Crippen LogP contribution is 2.37. The third-order valence-electron chi connectivity index (χ3n) is 4.85. The first-order valence-electron chi connectivity index (χ1n) is 7.87. The second kappa shape index (κ2) is 7.46. The molecule has 106 valence electrons. The first-order valence-corrected chi connectivity index (χ1v) is 7.87. The molecule has 0 amide bonds. The van der Waals surface area contributed by atoms with Crippen molar-refractivity contribution < 1.29 is 4.74 Å². The molecule has 0 spiro atoms. The van der Waals surface area contributed by atoms with Gasteiger partial charge in [0.05, 0.1) is 6.10 Å². The molecule has 0 aromatic heterocycles. The fourth-order valence-electron chi connectivity index (χ4n) is 3.47. The van der Waals surface area contributed by atoms with Gasteiger partial charge in [0.15, 0.2) is 0 Å². The first kappa shape index (κ1) is 14.3. The molecule has 0 aromatic carbocycles. The van der Waals surface area contributed by atoms with Gasteiger partial charge in [-0.3, -0.25) is 0 Å². The summed E-state index contributed by atoms with van der Waals surface area (Å²) in [5.41, 5.74) is 6.46. The first-order chi connectivity index (χ1) is 8.85. The van der Waals surface area contributed by atoms with Crippen LogP contribution in [0.3, 0.4) is 0 Å². The van der Waals surface area contributed by atoms with Gasteiger partial charge in [0, 0.05) is 6.61 Å². The maximum Gasteiger partial charge on any atom is 0.0588 e. The van der Waals surface area contributed by atoms with Crippen LogP contribution in [0, 0.1) is 5.41 Å². The average molecular weight is 254 g/mol. The van der Waals surface area contributed by atoms with E-state index in [1.54, 1.807) is 0 Å². The molecule has 1 saturated carbocycles. The molecule has 3 N–H and O–H groups in total. The Morgan fingerprint density at radius 3 is 2.61 bits per heavy atom. The van der Waals surface area contributed by atoms with Crippen LogP contribution in [0.2, 0.25) is 0 Å². The number of hydrogen-bond donors (Lipinski definition) is 2. The fourth-order valence-corrected chi connectivity index (χ4v) is 3.47. The van der Waals surface area contributed by atoms with Gasteiger partial charge in [0.1, 0.15) is 0 Å². The monoisotopic (exact) mass is 254 g/mol. The van der Waals surface area contributed by atoms with E-state index in [-0.39, 0.29) is 0 Å². The second-order valence-corrected chi connectivity index (χ2v) is 6.19. The van der Waals surface area contributed by atoms with Crippen molar-refractivity contribution in [2.75, 3.05) is 26.2 Å². The van der Waals surface area contributed by atoms with Crippen molar-refractivity contribution in [1.29, 1.82) is 0 Å². The van der Waals surface area contributed by atoms with Crippen LogP contribution < -0.4 is 11.1 Å². The highest BCUT2D eigenvalue weighted by Gasteiger charge is 2.29. The fraction of sp³-hybridized carbons (Fsp3) is 1.00. The van der Waals surface area contributed by atoms with Crippen molar-refractivity contribution in [3.05, 3.63) is 0 Å². The molecule has 1 aliphatic heterocycles. The standard InChI is InChI=1S/C15H30N2O/c16-13-15(7-2-1-3-8-15)9-11-17-10-6-14-5-4-12-18-14/h14,17H,1-13,16H2. The van der Waals surface area contributed by atoms with Gasteiger partial charge >= 0.3 is 0 Å². The summed E-state index contributed by atoms with van der Waals surface area (Å²) >= 11 is 0. The number of hydrogen-bond acceptors (Lipinski definition) is 3. The number of rotatable bonds is 7. The smallest absolute Gasteiger partial charge is 0.0588 e. The molecule has 1 saturated heterocycles. The zero-order chi connectivity index (χ0) is 12.7. The van der Waals surface area contributed by atoms with Crippen molar-refractivity contribution >= 4 is 0 Å². The summed E-state index contributed by atoms with van der Waals surface area (Å²) in [6.45, 7) is 4.08. The molecule has 2 aliphatic rings. The summed E-state index contributed by atoms with van der Waals surface area (Å²) in [6.07, 6.45) is 12.3. The maximum absolute atomic E-state index is 6.00. The van der Waals surface area contributed by atoms with Gasteiger partial charge in [-0.25, -0.2) is 0 Å². The third kappa shape index (κ3) is 4.22. The van der Waals surface area contributed by atoms with E-state index in [0.29, 0.717) is 11.5 Å². The number of nitrogens with two attached hydrogens (primary N) is 1. The summed E-state index contributed by atoms with van der Waals surface area (Å²) in [6, 6.07) is 0. The van der Waals surface area contributed by atoms with Crippen LogP contribution in [0.1, 0.15) is 57.8 Å². The molecule has 2 fully saturated rings. The lowest BCUT2D eigenvalue weighted by Crippen LogP contribution is -2.36. The lowest BCUT2D eigenvalue weighted by molar-refractivity contribution is 0.103.